The van der Waals surface area contributed by atoms with Gasteiger partial charge in [-0.25, -0.2) is 0 Å². The zero-order valence-corrected chi connectivity index (χ0v) is 16.0. The number of hydrogen-bond donors (Lipinski definition) is 1. The van der Waals surface area contributed by atoms with Gasteiger partial charge in [-0.2, -0.15) is 0 Å². The first-order valence-electron chi connectivity index (χ1n) is 9.56. The first kappa shape index (κ1) is 19.5. The van der Waals surface area contributed by atoms with Gasteiger partial charge in [0.25, 0.3) is 0 Å². The van der Waals surface area contributed by atoms with Crippen LogP contribution in [0.5, 0.6) is 0 Å². The summed E-state index contributed by atoms with van der Waals surface area (Å²) in [7, 11) is 1.96. The largest absolute Gasteiger partial charge is 0.374 e. The zero-order chi connectivity index (χ0) is 18.9. The summed E-state index contributed by atoms with van der Waals surface area (Å²) in [6, 6.07) is 20.7. The standard InChI is InChI=1S/C22H29N3O2/c1-24(15-19-8-4-2-5-9-19)18-22(26)23-14-21-17-25(12-13-27-21)16-20-10-6-3-7-11-20/h2-11,21H,12-18H2,1H3,(H,23,26). The number of hydrogen-bond acceptors (Lipinski definition) is 4. The molecule has 5 heteroatoms. The Morgan fingerprint density at radius 3 is 2.48 bits per heavy atom. The van der Waals surface area contributed by atoms with Gasteiger partial charge < -0.3 is 10.1 Å². The molecule has 3 rings (SSSR count). The van der Waals surface area contributed by atoms with Crippen molar-refractivity contribution in [1.82, 2.24) is 15.1 Å². The monoisotopic (exact) mass is 367 g/mol. The summed E-state index contributed by atoms with van der Waals surface area (Å²) < 4.78 is 5.83. The molecule has 1 unspecified atom stereocenters. The van der Waals surface area contributed by atoms with Crippen molar-refractivity contribution < 1.29 is 9.53 Å². The van der Waals surface area contributed by atoms with E-state index >= 15 is 0 Å². The number of amides is 1. The summed E-state index contributed by atoms with van der Waals surface area (Å²) in [6.45, 7) is 5.11. The second-order valence-electron chi connectivity index (χ2n) is 7.18. The lowest BCUT2D eigenvalue weighted by Gasteiger charge is -2.33. The van der Waals surface area contributed by atoms with E-state index in [1.165, 1.54) is 11.1 Å². The minimum Gasteiger partial charge on any atom is -0.374 e. The van der Waals surface area contributed by atoms with Crippen molar-refractivity contribution in [2.24, 2.45) is 0 Å². The fourth-order valence-electron chi connectivity index (χ4n) is 3.37. The summed E-state index contributed by atoms with van der Waals surface area (Å²) >= 11 is 0. The first-order valence-corrected chi connectivity index (χ1v) is 9.56. The summed E-state index contributed by atoms with van der Waals surface area (Å²) in [5, 5.41) is 3.02. The summed E-state index contributed by atoms with van der Waals surface area (Å²) in [6.07, 6.45) is 0.0471. The van der Waals surface area contributed by atoms with E-state index in [4.69, 9.17) is 4.74 Å². The summed E-state index contributed by atoms with van der Waals surface area (Å²) in [5.74, 6) is 0.0391. The maximum Gasteiger partial charge on any atom is 0.234 e. The molecule has 1 aliphatic heterocycles. The summed E-state index contributed by atoms with van der Waals surface area (Å²) in [4.78, 5) is 16.6. The highest BCUT2D eigenvalue weighted by Gasteiger charge is 2.21. The Kier molecular flexibility index (Phi) is 7.39. The van der Waals surface area contributed by atoms with Crippen LogP contribution in [0.15, 0.2) is 60.7 Å². The van der Waals surface area contributed by atoms with Gasteiger partial charge in [-0.1, -0.05) is 60.7 Å². The van der Waals surface area contributed by atoms with Crippen LogP contribution in [-0.2, 0) is 22.6 Å². The smallest absolute Gasteiger partial charge is 0.234 e. The summed E-state index contributed by atoms with van der Waals surface area (Å²) in [5.41, 5.74) is 2.52. The van der Waals surface area contributed by atoms with E-state index in [0.29, 0.717) is 19.7 Å². The van der Waals surface area contributed by atoms with Crippen LogP contribution in [0.25, 0.3) is 0 Å². The third kappa shape index (κ3) is 6.79. The lowest BCUT2D eigenvalue weighted by atomic mass is 10.2. The number of nitrogens with one attached hydrogen (secondary N) is 1. The fraction of sp³-hybridized carbons (Fsp3) is 0.409. The van der Waals surface area contributed by atoms with E-state index in [2.05, 4.69) is 46.6 Å². The van der Waals surface area contributed by atoms with Gasteiger partial charge in [-0.3, -0.25) is 14.6 Å². The topological polar surface area (TPSA) is 44.8 Å². The molecule has 0 aliphatic carbocycles. The Labute approximate surface area is 161 Å². The van der Waals surface area contributed by atoms with E-state index in [-0.39, 0.29) is 12.0 Å². The first-order chi connectivity index (χ1) is 13.2. The van der Waals surface area contributed by atoms with Crippen molar-refractivity contribution in [2.75, 3.05) is 39.8 Å². The van der Waals surface area contributed by atoms with Crippen molar-refractivity contribution in [3.8, 4) is 0 Å². The highest BCUT2D eigenvalue weighted by atomic mass is 16.5. The Bertz CT molecular complexity index is 693. The quantitative estimate of drug-likeness (QED) is 0.776. The van der Waals surface area contributed by atoms with Gasteiger partial charge >= 0.3 is 0 Å². The molecule has 1 aliphatic rings. The highest BCUT2D eigenvalue weighted by Crippen LogP contribution is 2.10. The number of carbonyl (C=O) groups is 1. The minimum absolute atomic E-state index is 0.0391. The van der Waals surface area contributed by atoms with Crippen LogP contribution >= 0.6 is 0 Å². The van der Waals surface area contributed by atoms with E-state index in [9.17, 15) is 4.79 Å². The molecular formula is C22H29N3O2. The van der Waals surface area contributed by atoms with Crippen molar-refractivity contribution in [2.45, 2.75) is 19.2 Å². The van der Waals surface area contributed by atoms with Crippen LogP contribution in [0.1, 0.15) is 11.1 Å². The fourth-order valence-corrected chi connectivity index (χ4v) is 3.37. The maximum atomic E-state index is 12.2. The Balaban J connectivity index is 1.38. The van der Waals surface area contributed by atoms with E-state index in [1.54, 1.807) is 0 Å². The van der Waals surface area contributed by atoms with Gasteiger partial charge in [0, 0.05) is 32.7 Å². The van der Waals surface area contributed by atoms with Gasteiger partial charge in [0.05, 0.1) is 19.3 Å². The Hall–Kier alpha value is -2.21. The van der Waals surface area contributed by atoms with Crippen LogP contribution < -0.4 is 5.32 Å². The minimum atomic E-state index is 0.0391. The molecule has 1 amide bonds. The van der Waals surface area contributed by atoms with Crippen molar-refractivity contribution in [3.63, 3.8) is 0 Å². The number of ether oxygens (including phenoxy) is 1. The second kappa shape index (κ2) is 10.2. The molecule has 0 aromatic heterocycles. The lowest BCUT2D eigenvalue weighted by Crippen LogP contribution is -2.48. The Morgan fingerprint density at radius 2 is 1.78 bits per heavy atom. The molecule has 1 N–H and O–H groups in total. The maximum absolute atomic E-state index is 12.2. The molecule has 144 valence electrons. The Morgan fingerprint density at radius 1 is 1.11 bits per heavy atom. The third-order valence-corrected chi connectivity index (χ3v) is 4.71. The molecule has 27 heavy (non-hydrogen) atoms. The number of rotatable bonds is 8. The highest BCUT2D eigenvalue weighted by molar-refractivity contribution is 5.78. The molecule has 5 nitrogen and oxygen atoms in total. The number of likely N-dealkylation sites (N-methyl/N-ethyl adjacent to an activating group) is 1. The SMILES string of the molecule is CN(CC(=O)NCC1CN(Cc2ccccc2)CCO1)Cc1ccccc1. The van der Waals surface area contributed by atoms with Gasteiger partial charge in [0.2, 0.25) is 5.91 Å². The normalized spacial score (nSPS) is 17.8. The molecule has 0 saturated carbocycles. The molecule has 2 aromatic rings. The van der Waals surface area contributed by atoms with Gasteiger partial charge in [-0.05, 0) is 18.2 Å². The van der Waals surface area contributed by atoms with Crippen LogP contribution in [0, 0.1) is 0 Å². The predicted octanol–water partition coefficient (Wildman–Crippen LogP) is 2.14. The molecule has 1 heterocycles. The second-order valence-corrected chi connectivity index (χ2v) is 7.18. The predicted molar refractivity (Wildman–Crippen MR) is 107 cm³/mol. The molecular weight excluding hydrogens is 338 g/mol. The van der Waals surface area contributed by atoms with E-state index < -0.39 is 0 Å². The molecule has 2 aromatic carbocycles. The molecule has 0 bridgehead atoms. The molecule has 1 saturated heterocycles. The van der Waals surface area contributed by atoms with Crippen LogP contribution in [0.3, 0.4) is 0 Å². The van der Waals surface area contributed by atoms with Crippen LogP contribution in [0.4, 0.5) is 0 Å². The van der Waals surface area contributed by atoms with E-state index in [0.717, 1.165) is 26.2 Å². The van der Waals surface area contributed by atoms with Crippen molar-refractivity contribution in [1.29, 1.82) is 0 Å². The van der Waals surface area contributed by atoms with Crippen LogP contribution in [0.2, 0.25) is 0 Å². The molecule has 0 radical (unpaired) electrons. The molecule has 0 spiro atoms. The average Bonchev–Trinajstić information content (AvgIpc) is 2.68. The number of carbonyl (C=O) groups excluding carboxylic acids is 1. The van der Waals surface area contributed by atoms with Gasteiger partial charge in [0.1, 0.15) is 0 Å². The van der Waals surface area contributed by atoms with Crippen molar-refractivity contribution in [3.05, 3.63) is 71.8 Å². The van der Waals surface area contributed by atoms with Crippen LogP contribution in [-0.4, -0.2) is 61.6 Å². The zero-order valence-electron chi connectivity index (χ0n) is 16.0. The molecule has 1 fully saturated rings. The van der Waals surface area contributed by atoms with Crippen molar-refractivity contribution >= 4 is 5.91 Å². The average molecular weight is 367 g/mol. The van der Waals surface area contributed by atoms with Gasteiger partial charge in [-0.15, -0.1) is 0 Å². The van der Waals surface area contributed by atoms with E-state index in [1.807, 2.05) is 36.2 Å². The number of benzene rings is 2. The molecule has 1 atom stereocenters. The number of morpholine rings is 1. The lowest BCUT2D eigenvalue weighted by molar-refractivity contribution is -0.123. The third-order valence-electron chi connectivity index (χ3n) is 4.71. The number of nitrogens with zero attached hydrogens (tertiary/aromatic N) is 2. The van der Waals surface area contributed by atoms with Gasteiger partial charge in [0.15, 0.2) is 0 Å².